The minimum atomic E-state index is -4.96. The smallest absolute Gasteiger partial charge is 0.462 e. The predicted molar refractivity (Wildman–Crippen MR) is 381 cm³/mol. The number of carbonyl (C=O) groups excluding carboxylic acids is 4. The van der Waals surface area contributed by atoms with Crippen LogP contribution in [0.15, 0.2) is 0 Å². The van der Waals surface area contributed by atoms with Gasteiger partial charge in [-0.3, -0.25) is 37.3 Å². The van der Waals surface area contributed by atoms with Crippen molar-refractivity contribution in [2.75, 3.05) is 39.6 Å². The van der Waals surface area contributed by atoms with Crippen molar-refractivity contribution in [1.29, 1.82) is 0 Å². The molecule has 3 unspecified atom stereocenters. The first-order valence-electron chi connectivity index (χ1n) is 38.9. The molecule has 0 aliphatic rings. The normalized spacial score (nSPS) is 14.4. The molecule has 0 rings (SSSR count). The third-order valence-corrected chi connectivity index (χ3v) is 19.6. The lowest BCUT2D eigenvalue weighted by molar-refractivity contribution is -0.161. The van der Waals surface area contributed by atoms with Gasteiger partial charge in [-0.15, -0.1) is 0 Å². The van der Waals surface area contributed by atoms with Gasteiger partial charge in [-0.05, 0) is 43.4 Å². The first-order valence-corrected chi connectivity index (χ1v) is 41.9. The van der Waals surface area contributed by atoms with Crippen LogP contribution < -0.4 is 0 Å². The zero-order chi connectivity index (χ0) is 69.4. The van der Waals surface area contributed by atoms with Crippen molar-refractivity contribution in [1.82, 2.24) is 0 Å². The molecule has 0 heterocycles. The molecule has 0 bridgehead atoms. The lowest BCUT2D eigenvalue weighted by Crippen LogP contribution is -2.30. The molecule has 94 heavy (non-hydrogen) atoms. The highest BCUT2D eigenvalue weighted by Gasteiger charge is 2.30. The molecule has 0 amide bonds. The van der Waals surface area contributed by atoms with Gasteiger partial charge in [0.05, 0.1) is 26.4 Å². The van der Waals surface area contributed by atoms with Crippen molar-refractivity contribution in [3.8, 4) is 0 Å². The van der Waals surface area contributed by atoms with Gasteiger partial charge in [-0.25, -0.2) is 9.13 Å². The Morgan fingerprint density at radius 2 is 0.543 bits per heavy atom. The van der Waals surface area contributed by atoms with Crippen LogP contribution in [0.25, 0.3) is 0 Å². The molecule has 17 nitrogen and oxygen atoms in total. The highest BCUT2D eigenvalue weighted by Crippen LogP contribution is 2.45. The zero-order valence-corrected chi connectivity index (χ0v) is 63.2. The molecule has 0 saturated heterocycles. The van der Waals surface area contributed by atoms with E-state index in [2.05, 4.69) is 48.5 Å². The van der Waals surface area contributed by atoms with E-state index in [4.69, 9.17) is 37.0 Å². The SMILES string of the molecule is CCCCCCCCCCCCCCCCCC(=O)O[C@H](COC(=O)CCCCCCCCCCCCC(C)CC)COP(=O)(O)OC[C@@H](O)COP(=O)(O)OC[C@@H](COC(=O)CCCCCCCCCCCC(C)C)OC(=O)CCCCCCCCCCCCC(C)C. The van der Waals surface area contributed by atoms with Gasteiger partial charge in [0.1, 0.15) is 19.3 Å². The molecule has 0 aromatic heterocycles. The fraction of sp³-hybridized carbons (Fsp3) is 0.947. The van der Waals surface area contributed by atoms with Crippen LogP contribution in [-0.4, -0.2) is 96.7 Å². The monoisotopic (exact) mass is 1380 g/mol. The van der Waals surface area contributed by atoms with Crippen molar-refractivity contribution in [3.63, 3.8) is 0 Å². The van der Waals surface area contributed by atoms with Gasteiger partial charge in [-0.2, -0.15) is 0 Å². The third kappa shape index (κ3) is 67.3. The Hall–Kier alpha value is -1.94. The molecule has 19 heteroatoms. The minimum absolute atomic E-state index is 0.105. The Kier molecular flexibility index (Phi) is 64.3. The third-order valence-electron chi connectivity index (χ3n) is 17.7. The van der Waals surface area contributed by atoms with Gasteiger partial charge < -0.3 is 33.8 Å². The number of phosphoric ester groups is 2. The van der Waals surface area contributed by atoms with Crippen LogP contribution in [0.2, 0.25) is 0 Å². The van der Waals surface area contributed by atoms with Crippen molar-refractivity contribution in [2.45, 2.75) is 401 Å². The number of carbonyl (C=O) groups is 4. The molecule has 0 saturated carbocycles. The summed E-state index contributed by atoms with van der Waals surface area (Å²) in [7, 11) is -9.91. The summed E-state index contributed by atoms with van der Waals surface area (Å²) < 4.78 is 68.5. The number of esters is 4. The Morgan fingerprint density at radius 1 is 0.309 bits per heavy atom. The highest BCUT2D eigenvalue weighted by molar-refractivity contribution is 7.47. The second-order valence-corrected chi connectivity index (χ2v) is 31.1. The quantitative estimate of drug-likeness (QED) is 0.0222. The van der Waals surface area contributed by atoms with Gasteiger partial charge >= 0.3 is 39.5 Å². The van der Waals surface area contributed by atoms with E-state index in [0.29, 0.717) is 25.7 Å². The summed E-state index contributed by atoms with van der Waals surface area (Å²) in [5, 5.41) is 10.6. The summed E-state index contributed by atoms with van der Waals surface area (Å²) in [6, 6.07) is 0. The Morgan fingerprint density at radius 3 is 0.809 bits per heavy atom. The Bertz CT molecular complexity index is 1840. The van der Waals surface area contributed by atoms with E-state index in [1.165, 1.54) is 193 Å². The van der Waals surface area contributed by atoms with Gasteiger partial charge in [0.25, 0.3) is 0 Å². The van der Waals surface area contributed by atoms with E-state index in [-0.39, 0.29) is 25.7 Å². The number of unbranched alkanes of at least 4 members (excludes halogenated alkanes) is 40. The van der Waals surface area contributed by atoms with Crippen LogP contribution in [0.4, 0.5) is 0 Å². The van der Waals surface area contributed by atoms with E-state index < -0.39 is 97.5 Å². The topological polar surface area (TPSA) is 237 Å². The Balaban J connectivity index is 5.27. The summed E-state index contributed by atoms with van der Waals surface area (Å²) in [4.78, 5) is 72.8. The molecule has 0 radical (unpaired) electrons. The molecule has 0 spiro atoms. The lowest BCUT2D eigenvalue weighted by Gasteiger charge is -2.21. The number of hydrogen-bond acceptors (Lipinski definition) is 15. The van der Waals surface area contributed by atoms with Crippen molar-refractivity contribution >= 4 is 39.5 Å². The maximum atomic E-state index is 13.1. The van der Waals surface area contributed by atoms with Crippen LogP contribution in [0.3, 0.4) is 0 Å². The summed E-state index contributed by atoms with van der Waals surface area (Å²) >= 11 is 0. The molecule has 0 aromatic carbocycles. The maximum absolute atomic E-state index is 13.1. The number of aliphatic hydroxyl groups is 1. The van der Waals surface area contributed by atoms with E-state index in [1.54, 1.807) is 0 Å². The van der Waals surface area contributed by atoms with Gasteiger partial charge in [-0.1, -0.05) is 331 Å². The van der Waals surface area contributed by atoms with Gasteiger partial charge in [0.15, 0.2) is 12.2 Å². The van der Waals surface area contributed by atoms with E-state index in [0.717, 1.165) is 108 Å². The van der Waals surface area contributed by atoms with E-state index in [9.17, 15) is 43.2 Å². The van der Waals surface area contributed by atoms with Gasteiger partial charge in [0.2, 0.25) is 0 Å². The second kappa shape index (κ2) is 65.7. The zero-order valence-electron chi connectivity index (χ0n) is 61.4. The van der Waals surface area contributed by atoms with E-state index in [1.807, 2.05) is 0 Å². The molecule has 3 N–H and O–H groups in total. The summed E-state index contributed by atoms with van der Waals surface area (Å²) in [5.74, 6) is 0.188. The molecular weight excluding hydrogens is 1230 g/mol. The van der Waals surface area contributed by atoms with Gasteiger partial charge in [0, 0.05) is 25.7 Å². The number of phosphoric acid groups is 2. The van der Waals surface area contributed by atoms with Crippen LogP contribution in [0, 0.1) is 17.8 Å². The standard InChI is InChI=1S/C75H146O17P2/c1-8-10-11-12-13-14-15-16-17-18-19-29-37-44-51-58-74(79)91-70(62-85-72(77)56-49-42-35-28-23-21-27-34-41-48-55-68(7)9-2)64-89-93(81,82)87-60-69(76)61-88-94(83,84)90-65-71(63-86-73(78)57-50-43-36-31-24-26-33-40-47-54-67(5)6)92-75(80)59-52-45-38-30-22-20-25-32-39-46-53-66(3)4/h66-71,76H,8-65H2,1-7H3,(H,81,82)(H,83,84)/t68?,69-,70-,71-/m1/s1. The van der Waals surface area contributed by atoms with Crippen LogP contribution >= 0.6 is 15.6 Å². The first kappa shape index (κ1) is 92.1. The molecule has 0 fully saturated rings. The predicted octanol–water partition coefficient (Wildman–Crippen LogP) is 21.8. The number of hydrogen-bond donors (Lipinski definition) is 3. The summed E-state index contributed by atoms with van der Waals surface area (Å²) in [6.07, 6.45) is 51.2. The molecule has 6 atom stereocenters. The molecule has 0 aliphatic heterocycles. The molecule has 0 aliphatic carbocycles. The molecule has 558 valence electrons. The minimum Gasteiger partial charge on any atom is -0.462 e. The van der Waals surface area contributed by atoms with Crippen LogP contribution in [-0.2, 0) is 65.4 Å². The van der Waals surface area contributed by atoms with Crippen molar-refractivity contribution in [3.05, 3.63) is 0 Å². The van der Waals surface area contributed by atoms with E-state index >= 15 is 0 Å². The number of aliphatic hydroxyl groups excluding tert-OH is 1. The van der Waals surface area contributed by atoms with Crippen molar-refractivity contribution < 1.29 is 80.2 Å². The number of ether oxygens (including phenoxy) is 4. The number of rotatable bonds is 73. The lowest BCUT2D eigenvalue weighted by atomic mass is 9.99. The first-order chi connectivity index (χ1) is 45.3. The fourth-order valence-electron chi connectivity index (χ4n) is 11.4. The van der Waals surface area contributed by atoms with Crippen LogP contribution in [0.5, 0.6) is 0 Å². The summed E-state index contributed by atoms with van der Waals surface area (Å²) in [5.41, 5.74) is 0. The highest BCUT2D eigenvalue weighted by atomic mass is 31.2. The molecule has 0 aromatic rings. The van der Waals surface area contributed by atoms with Crippen LogP contribution in [0.1, 0.15) is 382 Å². The summed E-state index contributed by atoms with van der Waals surface area (Å²) in [6.45, 7) is 11.9. The largest absolute Gasteiger partial charge is 0.472 e. The van der Waals surface area contributed by atoms with Crippen molar-refractivity contribution in [2.24, 2.45) is 17.8 Å². The maximum Gasteiger partial charge on any atom is 0.472 e. The fourth-order valence-corrected chi connectivity index (χ4v) is 13.0. The Labute approximate surface area is 575 Å². The second-order valence-electron chi connectivity index (χ2n) is 28.2. The average Bonchev–Trinajstić information content (AvgIpc) is 1.41. The molecular formula is C75H146O17P2. The average molecular weight is 1380 g/mol.